The van der Waals surface area contributed by atoms with E-state index in [2.05, 4.69) is 21.2 Å². The molecule has 3 aliphatic rings. The number of fused-ring (bicyclic) bond motifs is 1. The topological polar surface area (TPSA) is 95.9 Å². The van der Waals surface area contributed by atoms with Crippen LogP contribution in [0.4, 0.5) is 5.69 Å². The van der Waals surface area contributed by atoms with Gasteiger partial charge in [-0.1, -0.05) is 48.0 Å². The highest BCUT2D eigenvalue weighted by atomic mass is 79.9. The van der Waals surface area contributed by atoms with Gasteiger partial charge >= 0.3 is 5.97 Å². The van der Waals surface area contributed by atoms with Crippen molar-refractivity contribution in [3.63, 3.8) is 0 Å². The van der Waals surface area contributed by atoms with Gasteiger partial charge in [-0.15, -0.1) is 11.8 Å². The Hall–Kier alpha value is -1.58. The summed E-state index contributed by atoms with van der Waals surface area (Å²) in [6.45, 7) is 9.47. The summed E-state index contributed by atoms with van der Waals surface area (Å²) in [5.74, 6) is -2.24. The fourth-order valence-electron chi connectivity index (χ4n) is 6.06. The first-order chi connectivity index (χ1) is 16.1. The number of hydrogen-bond donors (Lipinski definition) is 2. The molecule has 9 heteroatoms. The SMILES string of the molecule is CCOC(=O)[C@H]1[C@@H]2SC3(CC2Br)C(C(=O)Nc2c(C)cccc2C)N([C@@H](CO)C(C)C)C(=O)[C@H]13. The molecule has 4 rings (SSSR count). The number of carbonyl (C=O) groups is 3. The minimum absolute atomic E-state index is 0.0157. The van der Waals surface area contributed by atoms with Crippen molar-refractivity contribution >= 4 is 51.2 Å². The van der Waals surface area contributed by atoms with Crippen LogP contribution in [0, 0.1) is 31.6 Å². The van der Waals surface area contributed by atoms with Crippen LogP contribution in [-0.2, 0) is 19.1 Å². The van der Waals surface area contributed by atoms with E-state index in [0.29, 0.717) is 6.42 Å². The van der Waals surface area contributed by atoms with E-state index in [0.717, 1.165) is 16.8 Å². The molecule has 1 aromatic carbocycles. The van der Waals surface area contributed by atoms with Crippen molar-refractivity contribution in [2.24, 2.45) is 17.8 Å². The molecule has 2 N–H and O–H groups in total. The number of thioether (sulfide) groups is 1. The molecule has 7 nitrogen and oxygen atoms in total. The highest BCUT2D eigenvalue weighted by Crippen LogP contribution is 2.68. The summed E-state index contributed by atoms with van der Waals surface area (Å²) in [7, 11) is 0. The average molecular weight is 554 g/mol. The molecule has 0 radical (unpaired) electrons. The number of para-hydroxylation sites is 1. The number of hydrogen-bond acceptors (Lipinski definition) is 6. The quantitative estimate of drug-likeness (QED) is 0.398. The number of nitrogens with one attached hydrogen (secondary N) is 1. The zero-order chi connectivity index (χ0) is 24.9. The zero-order valence-electron chi connectivity index (χ0n) is 20.2. The van der Waals surface area contributed by atoms with Gasteiger partial charge < -0.3 is 20.1 Å². The van der Waals surface area contributed by atoms with E-state index in [1.54, 1.807) is 23.6 Å². The minimum atomic E-state index is -0.807. The average Bonchev–Trinajstić information content (AvgIpc) is 3.35. The Morgan fingerprint density at radius 2 is 1.97 bits per heavy atom. The number of aliphatic hydroxyl groups is 1. The van der Waals surface area contributed by atoms with Crippen LogP contribution in [0.5, 0.6) is 0 Å². The normalized spacial score (nSPS) is 32.8. The first-order valence-electron chi connectivity index (χ1n) is 11.9. The lowest BCUT2D eigenvalue weighted by molar-refractivity contribution is -0.154. The number of ether oxygens (including phenoxy) is 1. The third-order valence-corrected chi connectivity index (χ3v) is 10.8. The summed E-state index contributed by atoms with van der Waals surface area (Å²) in [6.07, 6.45) is 0.590. The molecule has 186 valence electrons. The summed E-state index contributed by atoms with van der Waals surface area (Å²) < 4.78 is 4.61. The molecule has 3 fully saturated rings. The van der Waals surface area contributed by atoms with Gasteiger partial charge in [-0.3, -0.25) is 14.4 Å². The summed E-state index contributed by atoms with van der Waals surface area (Å²) in [6, 6.07) is 4.48. The minimum Gasteiger partial charge on any atom is -0.466 e. The third-order valence-electron chi connectivity index (χ3n) is 7.58. The Kier molecular flexibility index (Phi) is 7.10. The number of esters is 1. The number of halogens is 1. The lowest BCUT2D eigenvalue weighted by Gasteiger charge is -2.38. The maximum Gasteiger partial charge on any atom is 0.310 e. The Balaban J connectivity index is 1.81. The number of aryl methyl sites for hydroxylation is 2. The number of aliphatic hydroxyl groups excluding tert-OH is 1. The number of carbonyl (C=O) groups excluding carboxylic acids is 3. The van der Waals surface area contributed by atoms with E-state index in [9.17, 15) is 19.5 Å². The van der Waals surface area contributed by atoms with Gasteiger partial charge in [0, 0.05) is 15.8 Å². The second kappa shape index (κ2) is 9.47. The van der Waals surface area contributed by atoms with E-state index in [4.69, 9.17) is 4.74 Å². The predicted octanol–water partition coefficient (Wildman–Crippen LogP) is 3.29. The van der Waals surface area contributed by atoms with Crippen molar-refractivity contribution in [3.8, 4) is 0 Å². The number of amides is 2. The molecule has 0 aliphatic carbocycles. The van der Waals surface area contributed by atoms with Gasteiger partial charge in [-0.25, -0.2) is 0 Å². The smallest absolute Gasteiger partial charge is 0.310 e. The monoisotopic (exact) mass is 552 g/mol. The van der Waals surface area contributed by atoms with Crippen molar-refractivity contribution in [1.82, 2.24) is 4.90 Å². The lowest BCUT2D eigenvalue weighted by atomic mass is 9.71. The van der Waals surface area contributed by atoms with E-state index < -0.39 is 28.7 Å². The van der Waals surface area contributed by atoms with Gasteiger partial charge in [0.1, 0.15) is 6.04 Å². The molecule has 0 aromatic heterocycles. The van der Waals surface area contributed by atoms with Gasteiger partial charge in [0.05, 0.1) is 35.8 Å². The summed E-state index contributed by atoms with van der Waals surface area (Å²) in [5, 5.41) is 13.2. The van der Waals surface area contributed by atoms with E-state index >= 15 is 0 Å². The highest BCUT2D eigenvalue weighted by molar-refractivity contribution is 9.09. The van der Waals surface area contributed by atoms with Crippen LogP contribution in [0.2, 0.25) is 0 Å². The number of rotatable bonds is 7. The standard InChI is InChI=1S/C25H33BrN2O5S/c1-6-33-24(32)17-18-23(31)28(16(11-29)12(2)3)21(25(18)10-15(26)20(17)34-25)22(30)27-19-13(4)8-7-9-14(19)5/h7-9,12,15-18,20-21,29H,6,10-11H2,1-5H3,(H,27,30)/t15?,16-,17+,18-,20+,21?,25?/m0/s1. The van der Waals surface area contributed by atoms with Crippen LogP contribution in [0.1, 0.15) is 38.3 Å². The zero-order valence-corrected chi connectivity index (χ0v) is 22.6. The van der Waals surface area contributed by atoms with Gasteiger partial charge in [-0.2, -0.15) is 0 Å². The molecule has 1 aromatic rings. The largest absolute Gasteiger partial charge is 0.466 e. The first-order valence-corrected chi connectivity index (χ1v) is 13.7. The summed E-state index contributed by atoms with van der Waals surface area (Å²) in [4.78, 5) is 42.6. The molecule has 2 bridgehead atoms. The molecule has 3 heterocycles. The van der Waals surface area contributed by atoms with Crippen LogP contribution in [0.3, 0.4) is 0 Å². The first kappa shape index (κ1) is 25.5. The van der Waals surface area contributed by atoms with Gasteiger partial charge in [0.2, 0.25) is 11.8 Å². The van der Waals surface area contributed by atoms with Gasteiger partial charge in [-0.05, 0) is 44.2 Å². The summed E-state index contributed by atoms with van der Waals surface area (Å²) in [5.41, 5.74) is 2.61. The lowest BCUT2D eigenvalue weighted by Crippen LogP contribution is -2.56. The highest BCUT2D eigenvalue weighted by Gasteiger charge is 2.76. The molecule has 1 spiro atoms. The number of nitrogens with zero attached hydrogens (tertiary/aromatic N) is 1. The number of anilines is 1. The Morgan fingerprint density at radius 3 is 2.53 bits per heavy atom. The van der Waals surface area contributed by atoms with E-state index in [-0.39, 0.29) is 47.0 Å². The van der Waals surface area contributed by atoms with Crippen molar-refractivity contribution in [3.05, 3.63) is 29.3 Å². The fourth-order valence-corrected chi connectivity index (χ4v) is 9.64. The Bertz CT molecular complexity index is 983. The predicted molar refractivity (Wildman–Crippen MR) is 136 cm³/mol. The van der Waals surface area contributed by atoms with Crippen LogP contribution in [0.25, 0.3) is 0 Å². The van der Waals surface area contributed by atoms with Crippen molar-refractivity contribution in [2.45, 2.75) is 67.9 Å². The third kappa shape index (κ3) is 3.78. The van der Waals surface area contributed by atoms with Crippen LogP contribution in [0.15, 0.2) is 18.2 Å². The Morgan fingerprint density at radius 1 is 1.32 bits per heavy atom. The van der Waals surface area contributed by atoms with Crippen molar-refractivity contribution in [1.29, 1.82) is 0 Å². The Labute approximate surface area is 213 Å². The summed E-state index contributed by atoms with van der Waals surface area (Å²) >= 11 is 5.31. The van der Waals surface area contributed by atoms with Crippen molar-refractivity contribution < 1.29 is 24.2 Å². The van der Waals surface area contributed by atoms with Crippen LogP contribution >= 0.6 is 27.7 Å². The molecule has 7 atom stereocenters. The molecular formula is C25H33BrN2O5S. The van der Waals surface area contributed by atoms with Crippen LogP contribution in [-0.4, -0.2) is 67.9 Å². The molecule has 0 saturated carbocycles. The maximum absolute atomic E-state index is 14.0. The van der Waals surface area contributed by atoms with Crippen LogP contribution < -0.4 is 5.32 Å². The van der Waals surface area contributed by atoms with E-state index in [1.165, 1.54) is 0 Å². The molecule has 3 unspecified atom stereocenters. The maximum atomic E-state index is 14.0. The molecule has 34 heavy (non-hydrogen) atoms. The number of likely N-dealkylation sites (tertiary alicyclic amines) is 1. The van der Waals surface area contributed by atoms with E-state index in [1.807, 2.05) is 45.9 Å². The second-order valence-electron chi connectivity index (χ2n) is 9.91. The number of benzene rings is 1. The van der Waals surface area contributed by atoms with Gasteiger partial charge in [0.15, 0.2) is 0 Å². The molecule has 2 amide bonds. The molecule has 3 saturated heterocycles. The second-order valence-corrected chi connectivity index (χ2v) is 12.6. The van der Waals surface area contributed by atoms with Gasteiger partial charge in [0.25, 0.3) is 0 Å². The van der Waals surface area contributed by atoms with Crippen molar-refractivity contribution in [2.75, 3.05) is 18.5 Å². The molecule has 3 aliphatic heterocycles. The fraction of sp³-hybridized carbons (Fsp3) is 0.640. The number of alkyl halides is 1. The molecular weight excluding hydrogens is 520 g/mol.